The van der Waals surface area contributed by atoms with E-state index in [0.717, 1.165) is 25.5 Å². The van der Waals surface area contributed by atoms with E-state index in [1.54, 1.807) is 0 Å². The maximum absolute atomic E-state index is 14.2. The molecule has 108 valence electrons. The van der Waals surface area contributed by atoms with Gasteiger partial charge in [-0.25, -0.2) is 9.18 Å². The smallest absolute Gasteiger partial charge is 0.337 e. The topological polar surface area (TPSA) is 66.6 Å². The van der Waals surface area contributed by atoms with Crippen LogP contribution in [-0.4, -0.2) is 23.7 Å². The van der Waals surface area contributed by atoms with Gasteiger partial charge in [-0.2, -0.15) is 0 Å². The molecule has 1 aliphatic heterocycles. The fourth-order valence-electron chi connectivity index (χ4n) is 3.74. The van der Waals surface area contributed by atoms with Crippen molar-refractivity contribution in [3.05, 3.63) is 23.5 Å². The number of carbonyl (C=O) groups is 1. The molecular formula is C15H19FN2O2. The van der Waals surface area contributed by atoms with Gasteiger partial charge in [0.1, 0.15) is 5.82 Å². The molecule has 4 nitrogen and oxygen atoms in total. The first-order valence-corrected chi connectivity index (χ1v) is 7.17. The molecule has 2 fully saturated rings. The van der Waals surface area contributed by atoms with Crippen LogP contribution in [-0.2, 0) is 0 Å². The molecule has 0 amide bonds. The monoisotopic (exact) mass is 278 g/mol. The van der Waals surface area contributed by atoms with Gasteiger partial charge in [0, 0.05) is 18.3 Å². The van der Waals surface area contributed by atoms with Crippen molar-refractivity contribution < 1.29 is 14.3 Å². The summed E-state index contributed by atoms with van der Waals surface area (Å²) < 4.78 is 14.2. The number of benzene rings is 1. The number of carboxylic acids is 1. The van der Waals surface area contributed by atoms with Gasteiger partial charge in [-0.05, 0) is 43.7 Å². The first kappa shape index (κ1) is 13.2. The minimum atomic E-state index is -1.11. The van der Waals surface area contributed by atoms with Crippen LogP contribution in [0.3, 0.4) is 0 Å². The molecule has 2 aliphatic rings. The largest absolute Gasteiger partial charge is 0.478 e. The first-order chi connectivity index (χ1) is 9.58. The van der Waals surface area contributed by atoms with E-state index in [4.69, 9.17) is 10.8 Å². The van der Waals surface area contributed by atoms with E-state index in [1.807, 2.05) is 0 Å². The molecule has 0 spiro atoms. The minimum Gasteiger partial charge on any atom is -0.478 e. The van der Waals surface area contributed by atoms with Crippen LogP contribution < -0.4 is 10.6 Å². The van der Waals surface area contributed by atoms with Gasteiger partial charge in [-0.1, -0.05) is 6.42 Å². The lowest BCUT2D eigenvalue weighted by Gasteiger charge is -2.39. The van der Waals surface area contributed by atoms with Gasteiger partial charge >= 0.3 is 5.97 Å². The molecular weight excluding hydrogens is 259 g/mol. The van der Waals surface area contributed by atoms with Crippen molar-refractivity contribution in [1.82, 2.24) is 0 Å². The Morgan fingerprint density at radius 3 is 2.80 bits per heavy atom. The van der Waals surface area contributed by atoms with E-state index < -0.39 is 11.8 Å². The van der Waals surface area contributed by atoms with Gasteiger partial charge in [0.25, 0.3) is 0 Å². The molecule has 1 heterocycles. The highest BCUT2D eigenvalue weighted by Crippen LogP contribution is 2.40. The number of aromatic carboxylic acids is 1. The maximum atomic E-state index is 14.2. The fraction of sp³-hybridized carbons (Fsp3) is 0.533. The molecule has 1 aromatic carbocycles. The summed E-state index contributed by atoms with van der Waals surface area (Å²) in [5, 5.41) is 9.15. The standard InChI is InChI=1S/C15H19FN2O2/c16-11-8-12(17)10(15(19)20)7-14(11)18-6-2-4-9-3-1-5-13(9)18/h7-9,13H,1-6,17H2,(H,19,20). The van der Waals surface area contributed by atoms with E-state index in [2.05, 4.69) is 4.90 Å². The van der Waals surface area contributed by atoms with E-state index in [0.29, 0.717) is 17.6 Å². The summed E-state index contributed by atoms with van der Waals surface area (Å²) >= 11 is 0. The molecule has 0 aromatic heterocycles. The number of nitrogens with two attached hydrogens (primary N) is 1. The zero-order valence-corrected chi connectivity index (χ0v) is 11.3. The van der Waals surface area contributed by atoms with Crippen molar-refractivity contribution in [1.29, 1.82) is 0 Å². The average Bonchev–Trinajstić information content (AvgIpc) is 2.86. The molecule has 3 rings (SSSR count). The molecule has 5 heteroatoms. The van der Waals surface area contributed by atoms with Crippen LogP contribution in [0, 0.1) is 11.7 Å². The van der Waals surface area contributed by atoms with E-state index in [1.165, 1.54) is 25.3 Å². The minimum absolute atomic E-state index is 0.0125. The summed E-state index contributed by atoms with van der Waals surface area (Å²) in [6, 6.07) is 2.88. The number of piperidine rings is 1. The number of hydrogen-bond acceptors (Lipinski definition) is 3. The highest BCUT2D eigenvalue weighted by Gasteiger charge is 2.36. The van der Waals surface area contributed by atoms with E-state index >= 15 is 0 Å². The molecule has 0 bridgehead atoms. The van der Waals surface area contributed by atoms with Crippen molar-refractivity contribution in [2.75, 3.05) is 17.2 Å². The lowest BCUT2D eigenvalue weighted by molar-refractivity contribution is 0.0698. The van der Waals surface area contributed by atoms with Crippen LogP contribution in [0.15, 0.2) is 12.1 Å². The predicted octanol–water partition coefficient (Wildman–Crippen LogP) is 2.88. The number of nitrogens with zero attached hydrogens (tertiary/aromatic N) is 1. The molecule has 20 heavy (non-hydrogen) atoms. The van der Waals surface area contributed by atoms with Crippen molar-refractivity contribution >= 4 is 17.3 Å². The summed E-state index contributed by atoms with van der Waals surface area (Å²) in [5.41, 5.74) is 5.96. The SMILES string of the molecule is Nc1cc(F)c(N2CCCC3CCCC32)cc1C(=O)O. The van der Waals surface area contributed by atoms with Crippen LogP contribution >= 0.6 is 0 Å². The quantitative estimate of drug-likeness (QED) is 0.816. The number of hydrogen-bond donors (Lipinski definition) is 2. The Hall–Kier alpha value is -1.78. The zero-order valence-electron chi connectivity index (χ0n) is 11.3. The summed E-state index contributed by atoms with van der Waals surface area (Å²) in [7, 11) is 0. The molecule has 2 unspecified atom stereocenters. The maximum Gasteiger partial charge on any atom is 0.337 e. The van der Waals surface area contributed by atoms with Crippen molar-refractivity contribution in [3.63, 3.8) is 0 Å². The van der Waals surface area contributed by atoms with Crippen LogP contribution in [0.4, 0.5) is 15.8 Å². The molecule has 1 aromatic rings. The molecule has 3 N–H and O–H groups in total. The van der Waals surface area contributed by atoms with E-state index in [-0.39, 0.29) is 11.3 Å². The second-order valence-corrected chi connectivity index (χ2v) is 5.79. The molecule has 1 saturated heterocycles. The molecule has 2 atom stereocenters. The lowest BCUT2D eigenvalue weighted by Crippen LogP contribution is -2.43. The average molecular weight is 278 g/mol. The lowest BCUT2D eigenvalue weighted by atomic mass is 9.91. The van der Waals surface area contributed by atoms with Crippen molar-refractivity contribution in [2.45, 2.75) is 38.1 Å². The third kappa shape index (κ3) is 2.11. The number of nitrogen functional groups attached to an aromatic ring is 1. The Bertz CT molecular complexity index is 547. The van der Waals surface area contributed by atoms with Gasteiger partial charge in [-0.15, -0.1) is 0 Å². The summed E-state index contributed by atoms with van der Waals surface area (Å²) in [6.45, 7) is 0.793. The van der Waals surface area contributed by atoms with Gasteiger partial charge in [-0.3, -0.25) is 0 Å². The fourth-order valence-corrected chi connectivity index (χ4v) is 3.74. The third-order valence-electron chi connectivity index (χ3n) is 4.65. The normalized spacial score (nSPS) is 25.6. The van der Waals surface area contributed by atoms with Crippen LogP contribution in [0.1, 0.15) is 42.5 Å². The van der Waals surface area contributed by atoms with Crippen molar-refractivity contribution in [2.24, 2.45) is 5.92 Å². The van der Waals surface area contributed by atoms with Crippen LogP contribution in [0.5, 0.6) is 0 Å². The number of fused-ring (bicyclic) bond motifs is 1. The summed E-state index contributed by atoms with van der Waals surface area (Å²) in [5.74, 6) is -0.905. The van der Waals surface area contributed by atoms with E-state index in [9.17, 15) is 9.18 Å². The Labute approximate surface area is 117 Å². The van der Waals surface area contributed by atoms with Gasteiger partial charge in [0.15, 0.2) is 0 Å². The predicted molar refractivity (Wildman–Crippen MR) is 75.5 cm³/mol. The highest BCUT2D eigenvalue weighted by molar-refractivity contribution is 5.95. The highest BCUT2D eigenvalue weighted by atomic mass is 19.1. The molecule has 0 radical (unpaired) electrons. The Morgan fingerprint density at radius 2 is 2.05 bits per heavy atom. The van der Waals surface area contributed by atoms with Gasteiger partial charge in [0.2, 0.25) is 0 Å². The summed E-state index contributed by atoms with van der Waals surface area (Å²) in [6.07, 6.45) is 5.67. The second kappa shape index (κ2) is 4.96. The number of halogens is 1. The number of anilines is 2. The van der Waals surface area contributed by atoms with Gasteiger partial charge in [0.05, 0.1) is 11.3 Å². The van der Waals surface area contributed by atoms with Crippen LogP contribution in [0.25, 0.3) is 0 Å². The van der Waals surface area contributed by atoms with Crippen molar-refractivity contribution in [3.8, 4) is 0 Å². The second-order valence-electron chi connectivity index (χ2n) is 5.79. The zero-order chi connectivity index (χ0) is 14.3. The summed E-state index contributed by atoms with van der Waals surface area (Å²) in [4.78, 5) is 13.2. The number of rotatable bonds is 2. The number of carboxylic acid groups (broad SMARTS) is 1. The Morgan fingerprint density at radius 1 is 1.30 bits per heavy atom. The molecule has 1 aliphatic carbocycles. The Kier molecular flexibility index (Phi) is 3.28. The molecule has 1 saturated carbocycles. The third-order valence-corrected chi connectivity index (χ3v) is 4.65. The Balaban J connectivity index is 2.00. The first-order valence-electron chi connectivity index (χ1n) is 7.17. The van der Waals surface area contributed by atoms with Crippen LogP contribution in [0.2, 0.25) is 0 Å². The van der Waals surface area contributed by atoms with Gasteiger partial charge < -0.3 is 15.7 Å².